The summed E-state index contributed by atoms with van der Waals surface area (Å²) in [4.78, 5) is 9.29. The molecule has 0 aliphatic carbocycles. The number of ether oxygens (including phenoxy) is 1. The first-order valence-electron chi connectivity index (χ1n) is 15.7. The average molecular weight is 827 g/mol. The van der Waals surface area contributed by atoms with Gasteiger partial charge in [-0.25, -0.2) is 0 Å². The molecular weight excluding hydrogens is 786 g/mol. The van der Waals surface area contributed by atoms with Crippen molar-refractivity contribution in [3.63, 3.8) is 0 Å². The number of hydrogen-bond donors (Lipinski definition) is 0. The molecule has 0 N–H and O–H groups in total. The minimum Gasteiger partial charge on any atom is 2.00 e. The molecule has 0 saturated heterocycles. The Hall–Kier alpha value is -3.03. The van der Waals surface area contributed by atoms with Crippen LogP contribution >= 0.6 is 0 Å². The van der Waals surface area contributed by atoms with Gasteiger partial charge in [0, 0.05) is 0 Å². The van der Waals surface area contributed by atoms with Gasteiger partial charge in [-0.05, 0) is 11.5 Å². The molecule has 3 aromatic carbocycles. The van der Waals surface area contributed by atoms with Crippen LogP contribution in [0.1, 0.15) is 66.5 Å². The Bertz CT molecular complexity index is 2090. The van der Waals surface area contributed by atoms with E-state index < -0.39 is 0 Å². The predicted octanol–water partition coefficient (Wildman–Crippen LogP) is 10.1. The molecular formula is C39H38N2OPtSe. The van der Waals surface area contributed by atoms with Crippen LogP contribution in [0.3, 0.4) is 0 Å². The molecule has 6 rings (SSSR count). The van der Waals surface area contributed by atoms with Gasteiger partial charge in [0.05, 0.1) is 0 Å². The monoisotopic (exact) mass is 827 g/mol. The summed E-state index contributed by atoms with van der Waals surface area (Å²) in [5.41, 5.74) is 7.97. The quantitative estimate of drug-likeness (QED) is 0.128. The van der Waals surface area contributed by atoms with E-state index in [4.69, 9.17) is 7.48 Å². The van der Waals surface area contributed by atoms with E-state index >= 15 is 0 Å². The first-order valence-corrected chi connectivity index (χ1v) is 16.4. The van der Waals surface area contributed by atoms with Crippen molar-refractivity contribution in [2.45, 2.75) is 67.2 Å². The van der Waals surface area contributed by atoms with Crippen LogP contribution in [0.25, 0.3) is 41.8 Å². The van der Waals surface area contributed by atoms with Crippen molar-refractivity contribution in [3.05, 3.63) is 107 Å². The van der Waals surface area contributed by atoms with Crippen molar-refractivity contribution in [2.75, 3.05) is 0 Å². The van der Waals surface area contributed by atoms with Gasteiger partial charge >= 0.3 is 254 Å². The van der Waals surface area contributed by atoms with Crippen LogP contribution < -0.4 is 4.74 Å². The largest absolute Gasteiger partial charge is 2.00 e. The summed E-state index contributed by atoms with van der Waals surface area (Å²) in [6.07, 6.45) is 2.81. The Morgan fingerprint density at radius 2 is 1.50 bits per heavy atom. The van der Waals surface area contributed by atoms with E-state index in [1.807, 2.05) is 38.2 Å². The van der Waals surface area contributed by atoms with Crippen LogP contribution in [0.15, 0.2) is 73.0 Å². The Kier molecular flexibility index (Phi) is 8.36. The molecule has 0 fully saturated rings. The molecule has 0 aliphatic rings. The van der Waals surface area contributed by atoms with Gasteiger partial charge in [-0.15, -0.1) is 0 Å². The zero-order chi connectivity index (χ0) is 32.3. The molecule has 0 spiro atoms. The Balaban J connectivity index is 0.00000417. The third-order valence-electron chi connectivity index (χ3n) is 7.41. The fourth-order valence-electron chi connectivity index (χ4n) is 5.43. The Morgan fingerprint density at radius 3 is 2.18 bits per heavy atom. The molecule has 0 radical (unpaired) electrons. The van der Waals surface area contributed by atoms with E-state index in [0.717, 1.165) is 49.4 Å². The molecule has 0 bridgehead atoms. The van der Waals surface area contributed by atoms with E-state index in [9.17, 15) is 0 Å². The number of benzene rings is 3. The van der Waals surface area contributed by atoms with E-state index in [1.165, 1.54) is 15.4 Å². The van der Waals surface area contributed by atoms with Crippen LogP contribution in [0.5, 0.6) is 11.5 Å². The summed E-state index contributed by atoms with van der Waals surface area (Å²) in [6, 6.07) is 25.9. The van der Waals surface area contributed by atoms with Gasteiger partial charge in [0.25, 0.3) is 0 Å². The molecule has 5 heteroatoms. The minimum absolute atomic E-state index is 0. The van der Waals surface area contributed by atoms with Crippen LogP contribution in [0, 0.1) is 31.4 Å². The van der Waals surface area contributed by atoms with Crippen LogP contribution in [0.2, 0.25) is 0 Å². The molecule has 3 heterocycles. The van der Waals surface area contributed by atoms with Crippen molar-refractivity contribution < 1.29 is 28.5 Å². The molecule has 0 unspecified atom stereocenters. The van der Waals surface area contributed by atoms with Gasteiger partial charge in [-0.1, -0.05) is 20.8 Å². The van der Waals surface area contributed by atoms with Gasteiger partial charge < -0.3 is 0 Å². The van der Waals surface area contributed by atoms with Crippen molar-refractivity contribution in [1.82, 2.24) is 9.97 Å². The number of fused-ring (bicyclic) bond motifs is 3. The topological polar surface area (TPSA) is 35.0 Å². The Labute approximate surface area is 284 Å². The fraction of sp³-hybridized carbons (Fsp3) is 0.282. The molecule has 44 heavy (non-hydrogen) atoms. The molecule has 0 amide bonds. The fourth-order valence-corrected chi connectivity index (χ4v) is 8.00. The average Bonchev–Trinajstić information content (AvgIpc) is 3.32. The normalized spacial score (nSPS) is 12.6. The summed E-state index contributed by atoms with van der Waals surface area (Å²) < 4.78 is 26.1. The smallest absolute Gasteiger partial charge is 2.00 e. The van der Waals surface area contributed by atoms with Gasteiger partial charge in [0.2, 0.25) is 0 Å². The molecule has 3 aromatic heterocycles. The first-order chi connectivity index (χ1) is 21.1. The third-order valence-corrected chi connectivity index (χ3v) is 9.84. The number of hydrogen-bond acceptors (Lipinski definition) is 3. The second-order valence-electron chi connectivity index (χ2n) is 13.7. The Morgan fingerprint density at radius 1 is 0.818 bits per heavy atom. The van der Waals surface area contributed by atoms with Crippen molar-refractivity contribution in [3.8, 4) is 34.0 Å². The second-order valence-corrected chi connectivity index (χ2v) is 15.9. The number of pyridine rings is 2. The van der Waals surface area contributed by atoms with Gasteiger partial charge in [0.15, 0.2) is 0 Å². The summed E-state index contributed by atoms with van der Waals surface area (Å²) in [6.45, 7) is 17.4. The molecule has 3 nitrogen and oxygen atoms in total. The van der Waals surface area contributed by atoms with E-state index in [1.54, 1.807) is 0 Å². The molecule has 226 valence electrons. The van der Waals surface area contributed by atoms with Crippen LogP contribution in [-0.2, 0) is 32.9 Å². The summed E-state index contributed by atoms with van der Waals surface area (Å²) in [5, 5.41) is 1.89. The van der Waals surface area contributed by atoms with Gasteiger partial charge in [0.1, 0.15) is 0 Å². The van der Waals surface area contributed by atoms with Gasteiger partial charge in [-0.2, -0.15) is 0 Å². The number of rotatable bonds is 5. The number of aryl methyl sites for hydroxylation is 2. The summed E-state index contributed by atoms with van der Waals surface area (Å²) in [7, 11) is 0. The number of aromatic nitrogens is 2. The van der Waals surface area contributed by atoms with E-state index in [0.29, 0.717) is 17.2 Å². The molecule has 0 saturated carbocycles. The van der Waals surface area contributed by atoms with E-state index in [-0.39, 0.29) is 58.6 Å². The predicted molar refractivity (Wildman–Crippen MR) is 180 cm³/mol. The zero-order valence-electron chi connectivity index (χ0n) is 28.5. The first kappa shape index (κ1) is 29.7. The maximum absolute atomic E-state index is 8.77. The second kappa shape index (κ2) is 12.4. The van der Waals surface area contributed by atoms with Crippen molar-refractivity contribution in [1.29, 1.82) is 0 Å². The summed E-state index contributed by atoms with van der Waals surface area (Å²) in [5.74, 6) is 1.14. The zero-order valence-corrected chi connectivity index (χ0v) is 30.5. The third kappa shape index (κ3) is 7.10. The van der Waals surface area contributed by atoms with Crippen LogP contribution in [-0.4, -0.2) is 24.5 Å². The molecule has 0 aliphatic heterocycles. The standard InChI is InChI=1S/C39H38N2OSe.Pt/c1-24-15-27(34-22-29(11-13-40-34)39(6,7)8)20-30(17-24)42-31-18-25(2)16-28(21-31)36-37-33(12-14-41-36)32-10-9-26(19-35(32)43-37)23-38(3,4)5;/h9-19,22H,23H2,1-8H3;/q-2;+2/i12D,14D;. The minimum atomic E-state index is -0.0448. The van der Waals surface area contributed by atoms with Gasteiger partial charge in [-0.3, -0.25) is 0 Å². The van der Waals surface area contributed by atoms with E-state index in [2.05, 4.69) is 100 Å². The summed E-state index contributed by atoms with van der Waals surface area (Å²) >= 11 is -0.0448. The SMILES string of the molecule is [2H]c1nc(-c2[c-]c(Oc3[c-]c(-c4cc(C(C)(C)C)ccn4)cc(C)c3)cc(C)c2)c2[se]c3cc(CC(C)(C)C)ccc3c2c1[2H].[Pt+2]. The van der Waals surface area contributed by atoms with Crippen LogP contribution in [0.4, 0.5) is 0 Å². The maximum atomic E-state index is 8.77. The molecule has 0 atom stereocenters. The number of nitrogens with zero attached hydrogens (tertiary/aromatic N) is 2. The molecule has 6 aromatic rings. The van der Waals surface area contributed by atoms with Crippen molar-refractivity contribution in [2.24, 2.45) is 5.41 Å². The van der Waals surface area contributed by atoms with Crippen molar-refractivity contribution >= 4 is 33.8 Å². The maximum Gasteiger partial charge on any atom is 2.00 e.